The summed E-state index contributed by atoms with van der Waals surface area (Å²) in [6.07, 6.45) is 3.30. The molecule has 7 nitrogen and oxygen atoms in total. The Labute approximate surface area is 200 Å². The van der Waals surface area contributed by atoms with Crippen LogP contribution in [0.3, 0.4) is 0 Å². The first-order valence-electron chi connectivity index (χ1n) is 12.0. The van der Waals surface area contributed by atoms with Crippen LogP contribution in [0.15, 0.2) is 42.5 Å². The third-order valence-electron chi connectivity index (χ3n) is 7.37. The van der Waals surface area contributed by atoms with Gasteiger partial charge in [-0.2, -0.15) is 0 Å². The van der Waals surface area contributed by atoms with E-state index < -0.39 is 0 Å². The van der Waals surface area contributed by atoms with Crippen molar-refractivity contribution in [3.8, 4) is 11.5 Å². The summed E-state index contributed by atoms with van der Waals surface area (Å²) in [5.41, 5.74) is 4.76. The van der Waals surface area contributed by atoms with Crippen molar-refractivity contribution in [2.45, 2.75) is 31.3 Å². The molecule has 1 aromatic heterocycles. The summed E-state index contributed by atoms with van der Waals surface area (Å²) in [5.74, 6) is 1.41. The van der Waals surface area contributed by atoms with Crippen molar-refractivity contribution in [2.75, 3.05) is 40.5 Å². The minimum Gasteiger partial charge on any atom is -0.493 e. The molecule has 2 aliphatic rings. The summed E-state index contributed by atoms with van der Waals surface area (Å²) >= 11 is 0. The van der Waals surface area contributed by atoms with Crippen molar-refractivity contribution in [3.63, 3.8) is 0 Å². The summed E-state index contributed by atoms with van der Waals surface area (Å²) in [6.45, 7) is 2.67. The van der Waals surface area contributed by atoms with E-state index in [1.165, 1.54) is 22.2 Å². The van der Waals surface area contributed by atoms with E-state index in [0.717, 1.165) is 37.9 Å². The van der Waals surface area contributed by atoms with Crippen LogP contribution in [-0.4, -0.2) is 56.0 Å². The number of aryl methyl sites for hydroxylation is 1. The minimum absolute atomic E-state index is 0.0107. The molecule has 180 valence electrons. The molecule has 0 aliphatic carbocycles. The van der Waals surface area contributed by atoms with E-state index in [1.54, 1.807) is 14.2 Å². The molecule has 3 heterocycles. The summed E-state index contributed by atoms with van der Waals surface area (Å²) in [7, 11) is 5.40. The molecular formula is C27H33N3O4. The predicted octanol–water partition coefficient (Wildman–Crippen LogP) is 4.01. The number of hydrogen-bond acceptors (Lipinski definition) is 4. The summed E-state index contributed by atoms with van der Waals surface area (Å²) < 4.78 is 19.4. The van der Waals surface area contributed by atoms with Crippen molar-refractivity contribution < 1.29 is 19.0 Å². The fraction of sp³-hybridized carbons (Fsp3) is 0.444. The number of urea groups is 1. The molecule has 5 rings (SSSR count). The second-order valence-corrected chi connectivity index (χ2v) is 9.15. The Bertz CT molecular complexity index is 1190. The average molecular weight is 464 g/mol. The number of amides is 2. The summed E-state index contributed by atoms with van der Waals surface area (Å²) in [4.78, 5) is 14.8. The lowest BCUT2D eigenvalue weighted by Gasteiger charge is -2.44. The smallest absolute Gasteiger partial charge is 0.317 e. The number of methoxy groups -OCH3 is 2. The third kappa shape index (κ3) is 3.88. The number of carbonyl (C=O) groups excluding carboxylic acids is 1. The number of likely N-dealkylation sites (tertiary alicyclic amines) is 1. The van der Waals surface area contributed by atoms with E-state index in [-0.39, 0.29) is 11.6 Å². The lowest BCUT2D eigenvalue weighted by atomic mass is 9.83. The standard InChI is InChI=1S/C27H33N3O4/c1-29-22-7-5-4-6-20(22)21-11-17-34-27(25(21)29)12-15-30(16-13-27)26(31)28-14-10-19-8-9-23(32-2)24(18-19)33-3/h4-9,18H,10-17H2,1-3H3,(H,28,31). The van der Waals surface area contributed by atoms with Crippen LogP contribution in [0.5, 0.6) is 11.5 Å². The number of nitrogens with zero attached hydrogens (tertiary/aromatic N) is 2. The Kier molecular flexibility index (Phi) is 6.13. The Balaban J connectivity index is 1.21. The number of ether oxygens (including phenoxy) is 3. The Morgan fingerprint density at radius 2 is 1.85 bits per heavy atom. The molecule has 0 atom stereocenters. The molecule has 0 bridgehead atoms. The van der Waals surface area contributed by atoms with Gasteiger partial charge >= 0.3 is 6.03 Å². The van der Waals surface area contributed by atoms with Crippen LogP contribution in [-0.2, 0) is 30.2 Å². The molecular weight excluding hydrogens is 430 g/mol. The van der Waals surface area contributed by atoms with Crippen LogP contribution in [0.1, 0.15) is 29.7 Å². The van der Waals surface area contributed by atoms with Gasteiger partial charge in [-0.15, -0.1) is 0 Å². The molecule has 34 heavy (non-hydrogen) atoms. The zero-order valence-electron chi connectivity index (χ0n) is 20.2. The number of aromatic nitrogens is 1. The molecule has 2 aromatic carbocycles. The van der Waals surface area contributed by atoms with Crippen LogP contribution >= 0.6 is 0 Å². The van der Waals surface area contributed by atoms with Gasteiger partial charge in [0, 0.05) is 37.6 Å². The molecule has 3 aromatic rings. The number of para-hydroxylation sites is 1. The number of fused-ring (bicyclic) bond motifs is 4. The largest absolute Gasteiger partial charge is 0.493 e. The fourth-order valence-corrected chi connectivity index (χ4v) is 5.64. The van der Waals surface area contributed by atoms with Gasteiger partial charge < -0.3 is 29.0 Å². The molecule has 1 fully saturated rings. The average Bonchev–Trinajstić information content (AvgIpc) is 3.17. The first kappa shape index (κ1) is 22.6. The second kappa shape index (κ2) is 9.22. The van der Waals surface area contributed by atoms with E-state index in [4.69, 9.17) is 14.2 Å². The maximum atomic E-state index is 12.9. The van der Waals surface area contributed by atoms with E-state index in [1.807, 2.05) is 23.1 Å². The maximum absolute atomic E-state index is 12.9. The van der Waals surface area contributed by atoms with Crippen molar-refractivity contribution in [3.05, 3.63) is 59.3 Å². The van der Waals surface area contributed by atoms with Gasteiger partial charge in [-0.05, 0) is 55.0 Å². The van der Waals surface area contributed by atoms with Crippen LogP contribution in [0, 0.1) is 0 Å². The number of rotatable bonds is 5. The predicted molar refractivity (Wildman–Crippen MR) is 132 cm³/mol. The lowest BCUT2D eigenvalue weighted by molar-refractivity contribution is -0.0968. The molecule has 1 spiro atoms. The van der Waals surface area contributed by atoms with E-state index in [2.05, 4.69) is 41.2 Å². The number of hydrogen-bond donors (Lipinski definition) is 1. The van der Waals surface area contributed by atoms with Gasteiger partial charge in [0.2, 0.25) is 0 Å². The monoisotopic (exact) mass is 463 g/mol. The molecule has 0 unspecified atom stereocenters. The molecule has 2 amide bonds. The van der Waals surface area contributed by atoms with Crippen LogP contribution < -0.4 is 14.8 Å². The van der Waals surface area contributed by atoms with Crippen LogP contribution in [0.2, 0.25) is 0 Å². The first-order chi connectivity index (χ1) is 16.6. The fourth-order valence-electron chi connectivity index (χ4n) is 5.64. The van der Waals surface area contributed by atoms with E-state index in [0.29, 0.717) is 31.1 Å². The maximum Gasteiger partial charge on any atom is 0.317 e. The van der Waals surface area contributed by atoms with E-state index >= 15 is 0 Å². The Morgan fingerprint density at radius 3 is 2.62 bits per heavy atom. The number of piperidine rings is 1. The SMILES string of the molecule is COc1ccc(CCNC(=O)N2CCC3(CC2)OCCc2c3n(C)c3ccccc23)cc1OC. The van der Waals surface area contributed by atoms with Gasteiger partial charge in [0.25, 0.3) is 0 Å². The molecule has 1 N–H and O–H groups in total. The number of nitrogens with one attached hydrogen (secondary N) is 1. The first-order valence-corrected chi connectivity index (χ1v) is 12.0. The minimum atomic E-state index is -0.308. The van der Waals surface area contributed by atoms with Crippen molar-refractivity contribution in [1.82, 2.24) is 14.8 Å². The molecule has 7 heteroatoms. The van der Waals surface area contributed by atoms with Gasteiger partial charge in [0.1, 0.15) is 5.60 Å². The van der Waals surface area contributed by atoms with Crippen molar-refractivity contribution >= 4 is 16.9 Å². The van der Waals surface area contributed by atoms with Crippen LogP contribution in [0.25, 0.3) is 10.9 Å². The third-order valence-corrected chi connectivity index (χ3v) is 7.37. The zero-order valence-corrected chi connectivity index (χ0v) is 20.2. The molecule has 0 saturated carbocycles. The number of carbonyl (C=O) groups is 1. The van der Waals surface area contributed by atoms with Crippen LogP contribution in [0.4, 0.5) is 4.79 Å². The quantitative estimate of drug-likeness (QED) is 0.621. The molecule has 1 saturated heterocycles. The summed E-state index contributed by atoms with van der Waals surface area (Å²) in [5, 5.41) is 4.41. The Morgan fingerprint density at radius 1 is 1.09 bits per heavy atom. The lowest BCUT2D eigenvalue weighted by Crippen LogP contribution is -2.51. The Hall–Kier alpha value is -3.19. The second-order valence-electron chi connectivity index (χ2n) is 9.15. The normalized spacial score (nSPS) is 17.0. The topological polar surface area (TPSA) is 65.0 Å². The van der Waals surface area contributed by atoms with Gasteiger partial charge in [-0.25, -0.2) is 4.79 Å². The highest BCUT2D eigenvalue weighted by molar-refractivity contribution is 5.86. The van der Waals surface area contributed by atoms with Crippen molar-refractivity contribution in [1.29, 1.82) is 0 Å². The molecule has 2 aliphatic heterocycles. The summed E-state index contributed by atoms with van der Waals surface area (Å²) in [6, 6.07) is 14.4. The zero-order chi connectivity index (χ0) is 23.7. The highest BCUT2D eigenvalue weighted by Crippen LogP contribution is 2.44. The van der Waals surface area contributed by atoms with Gasteiger partial charge in [0.05, 0.1) is 26.5 Å². The van der Waals surface area contributed by atoms with Gasteiger partial charge in [-0.1, -0.05) is 24.3 Å². The van der Waals surface area contributed by atoms with E-state index in [9.17, 15) is 4.79 Å². The van der Waals surface area contributed by atoms with Crippen molar-refractivity contribution in [2.24, 2.45) is 7.05 Å². The highest BCUT2D eigenvalue weighted by atomic mass is 16.5. The van der Waals surface area contributed by atoms with Gasteiger partial charge in [0.15, 0.2) is 11.5 Å². The molecule has 0 radical (unpaired) electrons. The van der Waals surface area contributed by atoms with Gasteiger partial charge in [-0.3, -0.25) is 0 Å². The highest BCUT2D eigenvalue weighted by Gasteiger charge is 2.44. The number of benzene rings is 2.